The topological polar surface area (TPSA) is 75.4 Å². The third-order valence-electron chi connectivity index (χ3n) is 4.36. The van der Waals surface area contributed by atoms with Crippen LogP contribution in [0.25, 0.3) is 11.1 Å². The number of hydrogen-bond acceptors (Lipinski definition) is 5. The van der Waals surface area contributed by atoms with Gasteiger partial charge in [0.25, 0.3) is 6.01 Å². The number of anilines is 1. The smallest absolute Gasteiger partial charge is 0.295 e. The van der Waals surface area contributed by atoms with Gasteiger partial charge in [-0.25, -0.2) is 8.42 Å². The first-order valence-electron chi connectivity index (χ1n) is 8.31. The number of nitrogens with zero attached hydrogens (tertiary/aromatic N) is 2. The molecule has 1 aromatic heterocycles. The molecule has 7 heteroatoms. The lowest BCUT2D eigenvalue weighted by molar-refractivity contribution is 0.477. The van der Waals surface area contributed by atoms with Crippen LogP contribution in [0.1, 0.15) is 18.4 Å². The molecular formula is C18H19N3O3S. The second-order valence-corrected chi connectivity index (χ2v) is 8.03. The maximum atomic E-state index is 12.5. The van der Waals surface area contributed by atoms with Gasteiger partial charge in [-0.2, -0.15) is 9.29 Å². The van der Waals surface area contributed by atoms with Crippen molar-refractivity contribution >= 4 is 27.1 Å². The van der Waals surface area contributed by atoms with E-state index in [-0.39, 0.29) is 0 Å². The molecule has 0 aliphatic carbocycles. The minimum atomic E-state index is -3.36. The number of rotatable bonds is 5. The van der Waals surface area contributed by atoms with Crippen molar-refractivity contribution in [2.75, 3.05) is 18.4 Å². The highest BCUT2D eigenvalue weighted by molar-refractivity contribution is 7.89. The highest BCUT2D eigenvalue weighted by Crippen LogP contribution is 2.22. The average Bonchev–Trinajstić information content (AvgIpc) is 3.30. The van der Waals surface area contributed by atoms with Crippen molar-refractivity contribution in [1.82, 2.24) is 9.29 Å². The molecule has 25 heavy (non-hydrogen) atoms. The van der Waals surface area contributed by atoms with Gasteiger partial charge in [0, 0.05) is 19.6 Å². The van der Waals surface area contributed by atoms with Crippen LogP contribution in [0.3, 0.4) is 0 Å². The minimum absolute atomic E-state index is 0.347. The van der Waals surface area contributed by atoms with Crippen LogP contribution in [0, 0.1) is 0 Å². The third kappa shape index (κ3) is 3.25. The van der Waals surface area contributed by atoms with Crippen LogP contribution >= 0.6 is 0 Å². The van der Waals surface area contributed by atoms with Gasteiger partial charge in [0.05, 0.1) is 4.90 Å². The van der Waals surface area contributed by atoms with Gasteiger partial charge in [0.15, 0.2) is 5.58 Å². The van der Waals surface area contributed by atoms with Crippen LogP contribution in [0.5, 0.6) is 0 Å². The van der Waals surface area contributed by atoms with Gasteiger partial charge in [-0.1, -0.05) is 24.3 Å². The predicted octanol–water partition coefficient (Wildman–Crippen LogP) is 3.22. The summed E-state index contributed by atoms with van der Waals surface area (Å²) in [5.74, 6) is 0. The zero-order chi connectivity index (χ0) is 17.3. The Bertz CT molecular complexity index is 941. The van der Waals surface area contributed by atoms with Gasteiger partial charge in [-0.05, 0) is 42.7 Å². The molecule has 1 N–H and O–H groups in total. The van der Waals surface area contributed by atoms with Gasteiger partial charge < -0.3 is 9.73 Å². The van der Waals surface area contributed by atoms with Crippen molar-refractivity contribution in [3.05, 3.63) is 54.1 Å². The fourth-order valence-corrected chi connectivity index (χ4v) is 4.50. The highest BCUT2D eigenvalue weighted by Gasteiger charge is 2.26. The van der Waals surface area contributed by atoms with Crippen molar-refractivity contribution < 1.29 is 12.8 Å². The Kier molecular flexibility index (Phi) is 4.19. The lowest BCUT2D eigenvalue weighted by atomic mass is 10.2. The normalized spacial score (nSPS) is 15.7. The lowest BCUT2D eigenvalue weighted by Crippen LogP contribution is -2.27. The zero-order valence-electron chi connectivity index (χ0n) is 13.7. The molecule has 1 aliphatic heterocycles. The summed E-state index contributed by atoms with van der Waals surface area (Å²) < 4.78 is 32.2. The zero-order valence-corrected chi connectivity index (χ0v) is 14.5. The Morgan fingerprint density at radius 2 is 1.76 bits per heavy atom. The first-order chi connectivity index (χ1) is 12.1. The molecule has 1 aliphatic rings. The lowest BCUT2D eigenvalue weighted by Gasteiger charge is -2.15. The van der Waals surface area contributed by atoms with Crippen LogP contribution in [0.2, 0.25) is 0 Å². The summed E-state index contributed by atoms with van der Waals surface area (Å²) in [7, 11) is -3.36. The molecule has 0 unspecified atom stereocenters. The number of para-hydroxylation sites is 2. The van der Waals surface area contributed by atoms with Gasteiger partial charge in [-0.3, -0.25) is 0 Å². The molecule has 2 aromatic carbocycles. The van der Waals surface area contributed by atoms with Crippen molar-refractivity contribution in [3.8, 4) is 0 Å². The van der Waals surface area contributed by atoms with Gasteiger partial charge in [0.2, 0.25) is 10.0 Å². The Morgan fingerprint density at radius 3 is 2.48 bits per heavy atom. The van der Waals surface area contributed by atoms with Gasteiger partial charge >= 0.3 is 0 Å². The third-order valence-corrected chi connectivity index (χ3v) is 6.28. The van der Waals surface area contributed by atoms with E-state index in [1.165, 1.54) is 0 Å². The SMILES string of the molecule is O=S(=O)(c1ccc(CNc2nc3ccccc3o2)cc1)N1CCCC1. The molecule has 4 rings (SSSR count). The van der Waals surface area contributed by atoms with E-state index in [0.717, 1.165) is 29.5 Å². The number of hydrogen-bond donors (Lipinski definition) is 1. The fraction of sp³-hybridized carbons (Fsp3) is 0.278. The molecule has 1 saturated heterocycles. The first-order valence-corrected chi connectivity index (χ1v) is 9.75. The Balaban J connectivity index is 1.45. The summed E-state index contributed by atoms with van der Waals surface area (Å²) in [4.78, 5) is 4.70. The van der Waals surface area contributed by atoms with E-state index in [0.29, 0.717) is 30.5 Å². The molecule has 0 saturated carbocycles. The molecule has 6 nitrogen and oxygen atoms in total. The Labute approximate surface area is 146 Å². The molecule has 2 heterocycles. The molecule has 0 atom stereocenters. The number of fused-ring (bicyclic) bond motifs is 1. The van der Waals surface area contributed by atoms with E-state index in [2.05, 4.69) is 10.3 Å². The quantitative estimate of drug-likeness (QED) is 0.759. The standard InChI is InChI=1S/C18H19N3O3S/c22-25(23,21-11-3-4-12-21)15-9-7-14(8-10-15)13-19-18-20-16-5-1-2-6-17(16)24-18/h1-2,5-10H,3-4,11-13H2,(H,19,20). The van der Waals surface area contributed by atoms with Crippen molar-refractivity contribution in [3.63, 3.8) is 0 Å². The molecule has 0 amide bonds. The van der Waals surface area contributed by atoms with E-state index in [1.54, 1.807) is 16.4 Å². The van der Waals surface area contributed by atoms with E-state index in [9.17, 15) is 8.42 Å². The number of sulfonamides is 1. The molecule has 3 aromatic rings. The summed E-state index contributed by atoms with van der Waals surface area (Å²) in [5, 5.41) is 3.13. The Morgan fingerprint density at radius 1 is 1.04 bits per heavy atom. The predicted molar refractivity (Wildman–Crippen MR) is 95.8 cm³/mol. The van der Waals surface area contributed by atoms with Crippen LogP contribution in [0.15, 0.2) is 57.8 Å². The van der Waals surface area contributed by atoms with Crippen molar-refractivity contribution in [1.29, 1.82) is 0 Å². The van der Waals surface area contributed by atoms with E-state index in [1.807, 2.05) is 36.4 Å². The summed E-state index contributed by atoms with van der Waals surface area (Å²) in [6, 6.07) is 15.0. The van der Waals surface area contributed by atoms with Crippen LogP contribution in [-0.2, 0) is 16.6 Å². The van der Waals surface area contributed by atoms with E-state index >= 15 is 0 Å². The maximum absolute atomic E-state index is 12.5. The Hall–Kier alpha value is -2.38. The second kappa shape index (κ2) is 6.50. The van der Waals surface area contributed by atoms with Crippen LogP contribution in [0.4, 0.5) is 6.01 Å². The number of nitrogens with one attached hydrogen (secondary N) is 1. The average molecular weight is 357 g/mol. The van der Waals surface area contributed by atoms with Crippen molar-refractivity contribution in [2.45, 2.75) is 24.3 Å². The van der Waals surface area contributed by atoms with Crippen LogP contribution < -0.4 is 5.32 Å². The molecular weight excluding hydrogens is 338 g/mol. The summed E-state index contributed by atoms with van der Waals surface area (Å²) in [5.41, 5.74) is 2.50. The molecule has 1 fully saturated rings. The minimum Gasteiger partial charge on any atom is -0.424 e. The largest absolute Gasteiger partial charge is 0.424 e. The molecule has 0 radical (unpaired) electrons. The molecule has 0 bridgehead atoms. The van der Waals surface area contributed by atoms with Crippen molar-refractivity contribution in [2.24, 2.45) is 0 Å². The summed E-state index contributed by atoms with van der Waals surface area (Å²) >= 11 is 0. The second-order valence-electron chi connectivity index (χ2n) is 6.10. The van der Waals surface area contributed by atoms with Gasteiger partial charge in [0.1, 0.15) is 5.52 Å². The van der Waals surface area contributed by atoms with Gasteiger partial charge in [-0.15, -0.1) is 0 Å². The molecule has 130 valence electrons. The summed E-state index contributed by atoms with van der Waals surface area (Å²) in [6.45, 7) is 1.74. The number of aromatic nitrogens is 1. The van der Waals surface area contributed by atoms with Crippen LogP contribution in [-0.4, -0.2) is 30.8 Å². The van der Waals surface area contributed by atoms with E-state index in [4.69, 9.17) is 4.42 Å². The van der Waals surface area contributed by atoms with E-state index < -0.39 is 10.0 Å². The monoisotopic (exact) mass is 357 g/mol. The maximum Gasteiger partial charge on any atom is 0.295 e. The first kappa shape index (κ1) is 16.1. The highest BCUT2D eigenvalue weighted by atomic mass is 32.2. The fourth-order valence-electron chi connectivity index (χ4n) is 2.98. The number of oxazole rings is 1. The molecule has 0 spiro atoms. The summed E-state index contributed by atoms with van der Waals surface area (Å²) in [6.07, 6.45) is 1.87. The number of benzene rings is 2.